The highest BCUT2D eigenvalue weighted by Crippen LogP contribution is 2.37. The van der Waals surface area contributed by atoms with Crippen LogP contribution in [-0.2, 0) is 9.53 Å². The SMILES string of the molecule is COCCC(N)C(=O)N1CC2CCCC2C1. The van der Waals surface area contributed by atoms with E-state index < -0.39 is 0 Å². The summed E-state index contributed by atoms with van der Waals surface area (Å²) in [4.78, 5) is 14.0. The summed E-state index contributed by atoms with van der Waals surface area (Å²) in [5, 5.41) is 0. The Morgan fingerprint density at radius 3 is 2.62 bits per heavy atom. The number of nitrogens with two attached hydrogens (primary N) is 1. The van der Waals surface area contributed by atoms with Crippen molar-refractivity contribution in [3.8, 4) is 0 Å². The maximum atomic E-state index is 12.0. The van der Waals surface area contributed by atoms with Crippen LogP contribution >= 0.6 is 0 Å². The lowest BCUT2D eigenvalue weighted by Crippen LogP contribution is -2.43. The molecule has 1 saturated heterocycles. The summed E-state index contributed by atoms with van der Waals surface area (Å²) in [6, 6.07) is -0.376. The third-order valence-electron chi connectivity index (χ3n) is 3.99. The van der Waals surface area contributed by atoms with Crippen molar-refractivity contribution >= 4 is 5.91 Å². The van der Waals surface area contributed by atoms with E-state index in [-0.39, 0.29) is 11.9 Å². The summed E-state index contributed by atoms with van der Waals surface area (Å²) >= 11 is 0. The topological polar surface area (TPSA) is 55.6 Å². The van der Waals surface area contributed by atoms with Gasteiger partial charge in [0.05, 0.1) is 6.04 Å². The lowest BCUT2D eigenvalue weighted by Gasteiger charge is -2.21. The zero-order chi connectivity index (χ0) is 11.5. The van der Waals surface area contributed by atoms with Gasteiger partial charge in [-0.2, -0.15) is 0 Å². The van der Waals surface area contributed by atoms with Crippen molar-refractivity contribution < 1.29 is 9.53 Å². The average Bonchev–Trinajstić information content (AvgIpc) is 2.84. The molecule has 4 nitrogen and oxygen atoms in total. The van der Waals surface area contributed by atoms with Gasteiger partial charge in [-0.25, -0.2) is 0 Å². The Morgan fingerprint density at radius 1 is 1.44 bits per heavy atom. The highest BCUT2D eigenvalue weighted by atomic mass is 16.5. The molecule has 16 heavy (non-hydrogen) atoms. The number of methoxy groups -OCH3 is 1. The molecule has 1 heterocycles. The van der Waals surface area contributed by atoms with Gasteiger partial charge in [0.1, 0.15) is 0 Å². The van der Waals surface area contributed by atoms with E-state index in [2.05, 4.69) is 0 Å². The van der Waals surface area contributed by atoms with Gasteiger partial charge in [0.15, 0.2) is 0 Å². The number of carbonyl (C=O) groups is 1. The molecule has 0 bridgehead atoms. The van der Waals surface area contributed by atoms with Crippen molar-refractivity contribution in [1.82, 2.24) is 4.90 Å². The van der Waals surface area contributed by atoms with Crippen LogP contribution in [0.25, 0.3) is 0 Å². The molecule has 2 N–H and O–H groups in total. The van der Waals surface area contributed by atoms with Crippen molar-refractivity contribution in [2.24, 2.45) is 17.6 Å². The smallest absolute Gasteiger partial charge is 0.239 e. The van der Waals surface area contributed by atoms with E-state index >= 15 is 0 Å². The molecule has 1 aliphatic heterocycles. The predicted octanol–water partition coefficient (Wildman–Crippen LogP) is 0.609. The molecule has 1 saturated carbocycles. The molecule has 0 aromatic carbocycles. The number of rotatable bonds is 4. The van der Waals surface area contributed by atoms with E-state index in [1.165, 1.54) is 19.3 Å². The second-order valence-electron chi connectivity index (χ2n) is 5.08. The van der Waals surface area contributed by atoms with Gasteiger partial charge < -0.3 is 15.4 Å². The van der Waals surface area contributed by atoms with Gasteiger partial charge in [0.2, 0.25) is 5.91 Å². The first-order chi connectivity index (χ1) is 7.72. The van der Waals surface area contributed by atoms with Crippen LogP contribution in [0, 0.1) is 11.8 Å². The molecule has 3 atom stereocenters. The van der Waals surface area contributed by atoms with Crippen molar-refractivity contribution in [2.75, 3.05) is 26.8 Å². The van der Waals surface area contributed by atoms with Gasteiger partial charge in [-0.3, -0.25) is 4.79 Å². The lowest BCUT2D eigenvalue weighted by atomic mass is 10.0. The Labute approximate surface area is 97.1 Å². The number of hydrogen-bond donors (Lipinski definition) is 1. The summed E-state index contributed by atoms with van der Waals surface area (Å²) in [7, 11) is 1.64. The lowest BCUT2D eigenvalue weighted by molar-refractivity contribution is -0.132. The molecule has 3 unspecified atom stereocenters. The number of likely N-dealkylation sites (tertiary alicyclic amines) is 1. The zero-order valence-electron chi connectivity index (χ0n) is 10.0. The van der Waals surface area contributed by atoms with Gasteiger partial charge in [-0.1, -0.05) is 6.42 Å². The molecule has 0 radical (unpaired) electrons. The summed E-state index contributed by atoms with van der Waals surface area (Å²) < 4.78 is 4.95. The molecule has 92 valence electrons. The van der Waals surface area contributed by atoms with Crippen LogP contribution in [0.3, 0.4) is 0 Å². The summed E-state index contributed by atoms with van der Waals surface area (Å²) in [5.74, 6) is 1.61. The highest BCUT2D eigenvalue weighted by molar-refractivity contribution is 5.81. The fraction of sp³-hybridized carbons (Fsp3) is 0.917. The second kappa shape index (κ2) is 5.15. The van der Waals surface area contributed by atoms with E-state index in [1.807, 2.05) is 4.90 Å². The standard InChI is InChI=1S/C12H22N2O2/c1-16-6-5-11(13)12(15)14-7-9-3-2-4-10(9)8-14/h9-11H,2-8,13H2,1H3. The molecule has 4 heteroatoms. The summed E-state index contributed by atoms with van der Waals surface area (Å²) in [6.07, 6.45) is 4.55. The van der Waals surface area contributed by atoms with Crippen molar-refractivity contribution in [3.63, 3.8) is 0 Å². The predicted molar refractivity (Wildman–Crippen MR) is 61.9 cm³/mol. The molecule has 0 spiro atoms. The van der Waals surface area contributed by atoms with Crippen LogP contribution in [0.4, 0.5) is 0 Å². The normalized spacial score (nSPS) is 30.5. The molecular formula is C12H22N2O2. The van der Waals surface area contributed by atoms with Crippen LogP contribution in [0.5, 0.6) is 0 Å². The van der Waals surface area contributed by atoms with Crippen LogP contribution in [-0.4, -0.2) is 43.7 Å². The Balaban J connectivity index is 1.82. The number of hydrogen-bond acceptors (Lipinski definition) is 3. The Kier molecular flexibility index (Phi) is 3.82. The van der Waals surface area contributed by atoms with Crippen LogP contribution in [0.2, 0.25) is 0 Å². The van der Waals surface area contributed by atoms with Gasteiger partial charge in [0, 0.05) is 26.8 Å². The summed E-state index contributed by atoms with van der Waals surface area (Å²) in [5.41, 5.74) is 5.86. The van der Waals surface area contributed by atoms with Gasteiger partial charge in [-0.15, -0.1) is 0 Å². The largest absolute Gasteiger partial charge is 0.385 e. The molecule has 2 rings (SSSR count). The Morgan fingerprint density at radius 2 is 2.06 bits per heavy atom. The Bertz CT molecular complexity index is 245. The van der Waals surface area contributed by atoms with Crippen molar-refractivity contribution in [2.45, 2.75) is 31.7 Å². The number of amides is 1. The number of carbonyl (C=O) groups excluding carboxylic acids is 1. The van der Waals surface area contributed by atoms with Crippen LogP contribution < -0.4 is 5.73 Å². The molecule has 1 amide bonds. The number of nitrogens with zero attached hydrogens (tertiary/aromatic N) is 1. The second-order valence-corrected chi connectivity index (χ2v) is 5.08. The third kappa shape index (κ3) is 2.38. The fourth-order valence-electron chi connectivity index (χ4n) is 3.02. The Hall–Kier alpha value is -0.610. The quantitative estimate of drug-likeness (QED) is 0.764. The molecule has 2 aliphatic rings. The fourth-order valence-corrected chi connectivity index (χ4v) is 3.02. The molecule has 0 aromatic heterocycles. The first-order valence-corrected chi connectivity index (χ1v) is 6.25. The van der Waals surface area contributed by atoms with Crippen molar-refractivity contribution in [1.29, 1.82) is 0 Å². The van der Waals surface area contributed by atoms with Crippen molar-refractivity contribution in [3.05, 3.63) is 0 Å². The first kappa shape index (κ1) is 11.9. The van der Waals surface area contributed by atoms with Gasteiger partial charge in [0.25, 0.3) is 0 Å². The molecule has 2 fully saturated rings. The monoisotopic (exact) mass is 226 g/mol. The molecule has 0 aromatic rings. The number of ether oxygens (including phenoxy) is 1. The third-order valence-corrected chi connectivity index (χ3v) is 3.99. The van der Waals surface area contributed by atoms with E-state index in [9.17, 15) is 4.79 Å². The minimum atomic E-state index is -0.376. The maximum Gasteiger partial charge on any atom is 0.239 e. The van der Waals surface area contributed by atoms with E-state index in [0.717, 1.165) is 24.9 Å². The van der Waals surface area contributed by atoms with Gasteiger partial charge >= 0.3 is 0 Å². The van der Waals surface area contributed by atoms with E-state index in [1.54, 1.807) is 7.11 Å². The first-order valence-electron chi connectivity index (χ1n) is 6.25. The minimum Gasteiger partial charge on any atom is -0.385 e. The zero-order valence-corrected chi connectivity index (χ0v) is 10.0. The van der Waals surface area contributed by atoms with Crippen LogP contribution in [0.15, 0.2) is 0 Å². The van der Waals surface area contributed by atoms with Gasteiger partial charge in [-0.05, 0) is 31.1 Å². The maximum absolute atomic E-state index is 12.0. The van der Waals surface area contributed by atoms with E-state index in [4.69, 9.17) is 10.5 Å². The average molecular weight is 226 g/mol. The van der Waals surface area contributed by atoms with E-state index in [0.29, 0.717) is 13.0 Å². The van der Waals surface area contributed by atoms with Crippen LogP contribution in [0.1, 0.15) is 25.7 Å². The molecular weight excluding hydrogens is 204 g/mol. The molecule has 1 aliphatic carbocycles. The highest BCUT2D eigenvalue weighted by Gasteiger charge is 2.38. The minimum absolute atomic E-state index is 0.117. The number of fused-ring (bicyclic) bond motifs is 1. The summed E-state index contributed by atoms with van der Waals surface area (Å²) in [6.45, 7) is 2.43.